The zero-order valence-corrected chi connectivity index (χ0v) is 16.9. The largest absolute Gasteiger partial charge is 0.457 e. The molecular weight excluding hydrogens is 438 g/mol. The van der Waals surface area contributed by atoms with Gasteiger partial charge in [0.05, 0.1) is 10.6 Å². The molecule has 1 N–H and O–H groups in total. The standard InChI is InChI=1S/C19H15BrClNO3S/c1-13-2-5-15(12-19(13)21)22-26(23,24)18-10-8-17(9-11-18)25-16-6-3-14(20)4-7-16/h2-12,22H,1H3. The summed E-state index contributed by atoms with van der Waals surface area (Å²) < 4.78 is 34.2. The van der Waals surface area contributed by atoms with E-state index in [1.165, 1.54) is 12.1 Å². The van der Waals surface area contributed by atoms with E-state index < -0.39 is 10.0 Å². The van der Waals surface area contributed by atoms with Crippen LogP contribution in [0.1, 0.15) is 5.56 Å². The number of sulfonamides is 1. The Morgan fingerprint density at radius 3 is 2.08 bits per heavy atom. The summed E-state index contributed by atoms with van der Waals surface area (Å²) in [5, 5.41) is 0.503. The molecule has 26 heavy (non-hydrogen) atoms. The highest BCUT2D eigenvalue weighted by atomic mass is 79.9. The summed E-state index contributed by atoms with van der Waals surface area (Å²) in [6.07, 6.45) is 0. The van der Waals surface area contributed by atoms with Crippen molar-refractivity contribution in [3.05, 3.63) is 81.8 Å². The molecule has 3 aromatic rings. The number of nitrogens with one attached hydrogen (secondary N) is 1. The van der Waals surface area contributed by atoms with Crippen molar-refractivity contribution in [3.63, 3.8) is 0 Å². The molecule has 134 valence electrons. The molecule has 0 aliphatic rings. The van der Waals surface area contributed by atoms with E-state index in [0.717, 1.165) is 10.0 Å². The number of hydrogen-bond donors (Lipinski definition) is 1. The summed E-state index contributed by atoms with van der Waals surface area (Å²) >= 11 is 9.40. The van der Waals surface area contributed by atoms with Gasteiger partial charge in [-0.2, -0.15) is 0 Å². The van der Waals surface area contributed by atoms with Gasteiger partial charge in [-0.3, -0.25) is 4.72 Å². The summed E-state index contributed by atoms with van der Waals surface area (Å²) in [6.45, 7) is 1.85. The Morgan fingerprint density at radius 1 is 0.923 bits per heavy atom. The summed E-state index contributed by atoms with van der Waals surface area (Å²) in [7, 11) is -3.71. The smallest absolute Gasteiger partial charge is 0.261 e. The van der Waals surface area contributed by atoms with Crippen LogP contribution in [0.25, 0.3) is 0 Å². The SMILES string of the molecule is Cc1ccc(NS(=O)(=O)c2ccc(Oc3ccc(Br)cc3)cc2)cc1Cl. The second-order valence-electron chi connectivity index (χ2n) is 5.60. The third kappa shape index (κ3) is 4.58. The van der Waals surface area contributed by atoms with Gasteiger partial charge in [-0.1, -0.05) is 33.6 Å². The van der Waals surface area contributed by atoms with Crippen LogP contribution in [0.5, 0.6) is 11.5 Å². The minimum atomic E-state index is -3.71. The lowest BCUT2D eigenvalue weighted by Crippen LogP contribution is -2.12. The molecule has 0 spiro atoms. The predicted octanol–water partition coefficient (Wildman–Crippen LogP) is 6.00. The number of ether oxygens (including phenoxy) is 1. The lowest BCUT2D eigenvalue weighted by Gasteiger charge is -2.10. The maximum atomic E-state index is 12.5. The quantitative estimate of drug-likeness (QED) is 0.516. The van der Waals surface area contributed by atoms with E-state index in [9.17, 15) is 8.42 Å². The molecule has 0 fully saturated rings. The molecule has 0 saturated heterocycles. The Morgan fingerprint density at radius 2 is 1.50 bits per heavy atom. The molecule has 0 heterocycles. The van der Waals surface area contributed by atoms with Gasteiger partial charge in [0, 0.05) is 9.50 Å². The zero-order chi connectivity index (χ0) is 18.7. The number of anilines is 1. The molecule has 3 aromatic carbocycles. The fourth-order valence-electron chi connectivity index (χ4n) is 2.20. The molecule has 0 aromatic heterocycles. The van der Waals surface area contributed by atoms with Crippen molar-refractivity contribution in [1.29, 1.82) is 0 Å². The molecular formula is C19H15BrClNO3S. The highest BCUT2D eigenvalue weighted by Crippen LogP contribution is 2.26. The summed E-state index contributed by atoms with van der Waals surface area (Å²) in [4.78, 5) is 0.136. The van der Waals surface area contributed by atoms with E-state index in [1.54, 1.807) is 30.3 Å². The third-order valence-corrected chi connectivity index (χ3v) is 5.94. The van der Waals surface area contributed by atoms with Gasteiger partial charge in [0.15, 0.2) is 0 Å². The molecule has 0 aliphatic heterocycles. The molecule has 7 heteroatoms. The van der Waals surface area contributed by atoms with E-state index in [1.807, 2.05) is 31.2 Å². The van der Waals surface area contributed by atoms with Crippen molar-refractivity contribution >= 4 is 43.2 Å². The predicted molar refractivity (Wildman–Crippen MR) is 108 cm³/mol. The van der Waals surface area contributed by atoms with Crippen molar-refractivity contribution in [1.82, 2.24) is 0 Å². The summed E-state index contributed by atoms with van der Waals surface area (Å²) in [5.41, 5.74) is 1.29. The second-order valence-corrected chi connectivity index (χ2v) is 8.60. The van der Waals surface area contributed by atoms with E-state index >= 15 is 0 Å². The van der Waals surface area contributed by atoms with Crippen LogP contribution in [-0.4, -0.2) is 8.42 Å². The first kappa shape index (κ1) is 18.8. The molecule has 0 aliphatic carbocycles. The summed E-state index contributed by atoms with van der Waals surface area (Å²) in [6, 6.07) is 18.6. The second kappa shape index (κ2) is 7.70. The van der Waals surface area contributed by atoms with Crippen LogP contribution in [0, 0.1) is 6.92 Å². The molecule has 4 nitrogen and oxygen atoms in total. The van der Waals surface area contributed by atoms with Crippen LogP contribution in [0.2, 0.25) is 5.02 Å². The Labute approximate surface area is 166 Å². The van der Waals surface area contributed by atoms with Crippen molar-refractivity contribution < 1.29 is 13.2 Å². The fraction of sp³-hybridized carbons (Fsp3) is 0.0526. The number of benzene rings is 3. The zero-order valence-electron chi connectivity index (χ0n) is 13.7. The maximum Gasteiger partial charge on any atom is 0.261 e. The lowest BCUT2D eigenvalue weighted by molar-refractivity contribution is 0.482. The molecule has 0 radical (unpaired) electrons. The van der Waals surface area contributed by atoms with Crippen LogP contribution in [-0.2, 0) is 10.0 Å². The first-order chi connectivity index (χ1) is 12.3. The maximum absolute atomic E-state index is 12.5. The van der Waals surface area contributed by atoms with E-state index in [-0.39, 0.29) is 4.90 Å². The van der Waals surface area contributed by atoms with Crippen molar-refractivity contribution in [3.8, 4) is 11.5 Å². The first-order valence-electron chi connectivity index (χ1n) is 7.66. The number of aryl methyl sites for hydroxylation is 1. The Bertz CT molecular complexity index is 1020. The average molecular weight is 453 g/mol. The van der Waals surface area contributed by atoms with Gasteiger partial charge < -0.3 is 4.74 Å². The van der Waals surface area contributed by atoms with Gasteiger partial charge >= 0.3 is 0 Å². The van der Waals surface area contributed by atoms with Crippen molar-refractivity contribution in [2.45, 2.75) is 11.8 Å². The number of halogens is 2. The van der Waals surface area contributed by atoms with Gasteiger partial charge in [-0.25, -0.2) is 8.42 Å². The average Bonchev–Trinajstić information content (AvgIpc) is 2.60. The van der Waals surface area contributed by atoms with Crippen LogP contribution < -0.4 is 9.46 Å². The van der Waals surface area contributed by atoms with Crippen LogP contribution in [0.15, 0.2) is 76.1 Å². The first-order valence-corrected chi connectivity index (χ1v) is 10.3. The normalized spacial score (nSPS) is 11.2. The van der Waals surface area contributed by atoms with Gasteiger partial charge in [-0.15, -0.1) is 0 Å². The Kier molecular flexibility index (Phi) is 5.55. The topological polar surface area (TPSA) is 55.4 Å². The fourth-order valence-corrected chi connectivity index (χ4v) is 3.69. The van der Waals surface area contributed by atoms with E-state index in [4.69, 9.17) is 16.3 Å². The highest BCUT2D eigenvalue weighted by Gasteiger charge is 2.15. The Hall–Kier alpha value is -2.02. The van der Waals surface area contributed by atoms with E-state index in [2.05, 4.69) is 20.7 Å². The van der Waals surface area contributed by atoms with Crippen molar-refractivity contribution in [2.75, 3.05) is 4.72 Å². The van der Waals surface area contributed by atoms with Gasteiger partial charge in [0.1, 0.15) is 11.5 Å². The third-order valence-electron chi connectivity index (χ3n) is 3.61. The number of hydrogen-bond acceptors (Lipinski definition) is 3. The molecule has 3 rings (SSSR count). The molecule has 0 unspecified atom stereocenters. The van der Waals surface area contributed by atoms with Gasteiger partial charge in [-0.05, 0) is 73.2 Å². The van der Waals surface area contributed by atoms with E-state index in [0.29, 0.717) is 22.2 Å². The molecule has 0 bridgehead atoms. The minimum absolute atomic E-state index is 0.136. The monoisotopic (exact) mass is 451 g/mol. The van der Waals surface area contributed by atoms with Crippen molar-refractivity contribution in [2.24, 2.45) is 0 Å². The lowest BCUT2D eigenvalue weighted by atomic mass is 10.2. The molecule has 0 saturated carbocycles. The Balaban J connectivity index is 1.75. The van der Waals surface area contributed by atoms with Gasteiger partial charge in [0.2, 0.25) is 0 Å². The summed E-state index contributed by atoms with van der Waals surface area (Å²) in [5.74, 6) is 1.21. The van der Waals surface area contributed by atoms with Crippen LogP contribution in [0.3, 0.4) is 0 Å². The highest BCUT2D eigenvalue weighted by molar-refractivity contribution is 9.10. The molecule has 0 amide bonds. The molecule has 0 atom stereocenters. The number of rotatable bonds is 5. The van der Waals surface area contributed by atoms with Gasteiger partial charge in [0.25, 0.3) is 10.0 Å². The minimum Gasteiger partial charge on any atom is -0.457 e. The van der Waals surface area contributed by atoms with Crippen LogP contribution in [0.4, 0.5) is 5.69 Å². The van der Waals surface area contributed by atoms with Crippen LogP contribution >= 0.6 is 27.5 Å².